The fourth-order valence-corrected chi connectivity index (χ4v) is 5.87. The maximum Gasteiger partial charge on any atom is 0.380 e. The molecule has 0 unspecified atom stereocenters. The molecule has 1 saturated heterocycles. The molecule has 0 saturated carbocycles. The lowest BCUT2D eigenvalue weighted by atomic mass is 10.3. The standard InChI is InChI=1S/C18H31O12P.C14H22O10.C6H8O4.C2H5Cl2O2P.C2H6O2/c1-8-27-31(7,23)30-14(5)18(22)29-13(4)16(20)26-10-9-25-15(19)12(3)28-17(21)11(2)24-6;1-7(15)11(17)23-9(3)13(19)21-5-6-22-14(20)10(4)24-12(18)8(2)16;1-3-5(7)10-4(2)6(8)9-3;1-2-6-7(3,4)5;3-1-2-4/h11-14H,8-10H2,1-7H3;7-10,15-16H,5-6H2,1-4H3;3-4H,1-2H3;2H2,1H3;3-4H,1-2H2/t11-,12-,13+,14+,31+;7-,8+,9-,10+;3-,4-;;/m1.0../s1. The third-order valence-electron chi connectivity index (χ3n) is 7.69. The summed E-state index contributed by atoms with van der Waals surface area (Å²) in [5.41, 5.74) is 0. The summed E-state index contributed by atoms with van der Waals surface area (Å²) in [6.07, 6.45) is -14.4. The van der Waals surface area contributed by atoms with E-state index < -0.39 is 134 Å². The molecule has 0 bridgehead atoms. The average molecular weight is 1190 g/mol. The van der Waals surface area contributed by atoms with Gasteiger partial charge in [-0.05, 0) is 106 Å². The molecule has 0 aromatic rings. The van der Waals surface area contributed by atoms with Crippen LogP contribution in [0.2, 0.25) is 0 Å². The SMILES string of the molecule is CCOP(=O)(Cl)Cl.CCO[P@](C)(=O)O[C@@H](C)C(=O)O[C@@H](C)C(=O)OCCOC(=O)[C@@H](C)OC(=O)[C@@H](C)OC.C[C@@H]1OC(=O)[C@H](C)OC1=O.C[C@H](O)C(=O)O[C@@H](C)C(=O)OCCOC(=O)[C@@H](C)OC(=O)[C@@H](C)O.OCCO. The second-order valence-corrected chi connectivity index (χ2v) is 20.9. The first kappa shape index (κ1) is 77.9. The molecule has 34 heteroatoms. The number of carbonyl (C=O) groups is 10. The minimum atomic E-state index is -3.43. The number of aliphatic hydroxyl groups excluding tert-OH is 4. The molecule has 0 amide bonds. The summed E-state index contributed by atoms with van der Waals surface area (Å²) in [6.45, 7) is 16.6. The Kier molecular flexibility index (Phi) is 43.5. The lowest BCUT2D eigenvalue weighted by molar-refractivity contribution is -0.191. The number of carbonyl (C=O) groups excluding carboxylic acids is 10. The highest BCUT2D eigenvalue weighted by atomic mass is 35.9. The maximum atomic E-state index is 11.9. The van der Waals surface area contributed by atoms with Crippen molar-refractivity contribution < 1.29 is 143 Å². The van der Waals surface area contributed by atoms with Crippen LogP contribution in [0.1, 0.15) is 83.1 Å². The summed E-state index contributed by atoms with van der Waals surface area (Å²) in [5.74, 6) is -8.06. The van der Waals surface area contributed by atoms with E-state index in [0.29, 0.717) is 0 Å². The normalized spacial score (nSPS) is 17.5. The summed E-state index contributed by atoms with van der Waals surface area (Å²) in [4.78, 5) is 114. The highest BCUT2D eigenvalue weighted by Crippen LogP contribution is 2.57. The van der Waals surface area contributed by atoms with Gasteiger partial charge in [-0.15, -0.1) is 0 Å². The Labute approximate surface area is 448 Å². The van der Waals surface area contributed by atoms with Crippen LogP contribution in [0.3, 0.4) is 0 Å². The largest absolute Gasteiger partial charge is 0.459 e. The van der Waals surface area contributed by atoms with Crippen molar-refractivity contribution in [3.63, 3.8) is 0 Å². The van der Waals surface area contributed by atoms with Gasteiger partial charge in [-0.1, -0.05) is 0 Å². The molecule has 1 fully saturated rings. The van der Waals surface area contributed by atoms with Gasteiger partial charge in [0.1, 0.15) is 38.6 Å². The lowest BCUT2D eigenvalue weighted by Crippen LogP contribution is -2.40. The molecule has 444 valence electrons. The fourth-order valence-electron chi connectivity index (χ4n) is 3.79. The zero-order valence-electron chi connectivity index (χ0n) is 44.5. The van der Waals surface area contributed by atoms with Gasteiger partial charge in [-0.25, -0.2) is 47.9 Å². The van der Waals surface area contributed by atoms with Crippen molar-refractivity contribution in [2.24, 2.45) is 0 Å². The highest BCUT2D eigenvalue weighted by molar-refractivity contribution is 8.05. The van der Waals surface area contributed by atoms with Gasteiger partial charge in [0.2, 0.25) is 0 Å². The fraction of sp³-hybridized carbons (Fsp3) is 0.762. The second kappa shape index (κ2) is 42.4. The van der Waals surface area contributed by atoms with Crippen LogP contribution in [0.15, 0.2) is 0 Å². The van der Waals surface area contributed by atoms with Crippen LogP contribution < -0.4 is 0 Å². The zero-order chi connectivity index (χ0) is 60.1. The quantitative estimate of drug-likeness (QED) is 0.0411. The molecule has 76 heavy (non-hydrogen) atoms. The van der Waals surface area contributed by atoms with Crippen molar-refractivity contribution in [2.75, 3.05) is 66.6 Å². The van der Waals surface area contributed by atoms with Gasteiger partial charge in [0.25, 0.3) is 0 Å². The Balaban J connectivity index is -0.000000500. The molecule has 1 aliphatic heterocycles. The Morgan fingerprint density at radius 1 is 0.513 bits per heavy atom. The number of halogens is 2. The molecule has 1 heterocycles. The van der Waals surface area contributed by atoms with Crippen LogP contribution in [0, 0.1) is 0 Å². The van der Waals surface area contributed by atoms with Gasteiger partial charge in [-0.3, -0.25) is 13.7 Å². The number of hydrogen-bond donors (Lipinski definition) is 4. The molecule has 1 aliphatic rings. The smallest absolute Gasteiger partial charge is 0.380 e. The predicted octanol–water partition coefficient (Wildman–Crippen LogP) is 1.38. The minimum Gasteiger partial charge on any atom is -0.459 e. The number of cyclic esters (lactones) is 2. The topological polar surface area (TPSA) is 415 Å². The van der Waals surface area contributed by atoms with E-state index in [1.165, 1.54) is 83.0 Å². The molecule has 0 radical (unpaired) electrons. The predicted molar refractivity (Wildman–Crippen MR) is 258 cm³/mol. The number of methoxy groups -OCH3 is 1. The summed E-state index contributed by atoms with van der Waals surface area (Å²) in [7, 11) is -2.11. The van der Waals surface area contributed by atoms with Crippen LogP contribution in [0.5, 0.6) is 0 Å². The van der Waals surface area contributed by atoms with Crippen molar-refractivity contribution in [2.45, 2.75) is 144 Å². The Bertz CT molecular complexity index is 1830. The van der Waals surface area contributed by atoms with Crippen molar-refractivity contribution in [3.8, 4) is 0 Å². The molecule has 30 nitrogen and oxygen atoms in total. The van der Waals surface area contributed by atoms with Gasteiger partial charge in [0.15, 0.2) is 48.8 Å². The van der Waals surface area contributed by atoms with Gasteiger partial charge < -0.3 is 81.6 Å². The van der Waals surface area contributed by atoms with Gasteiger partial charge >= 0.3 is 73.4 Å². The first-order valence-electron chi connectivity index (χ1n) is 22.5. The van der Waals surface area contributed by atoms with E-state index in [1.807, 2.05) is 0 Å². The first-order chi connectivity index (χ1) is 35.0. The summed E-state index contributed by atoms with van der Waals surface area (Å²) < 4.78 is 88.3. The van der Waals surface area contributed by atoms with Crippen LogP contribution in [-0.2, 0) is 123 Å². The third kappa shape index (κ3) is 40.6. The summed E-state index contributed by atoms with van der Waals surface area (Å²) >= 11 is 9.86. The van der Waals surface area contributed by atoms with Gasteiger partial charge in [0.05, 0.1) is 26.4 Å². The van der Waals surface area contributed by atoms with Crippen molar-refractivity contribution in [3.05, 3.63) is 0 Å². The number of esters is 10. The van der Waals surface area contributed by atoms with Gasteiger partial charge in [0, 0.05) is 13.8 Å². The third-order valence-corrected chi connectivity index (χ3v) is 10.3. The zero-order valence-corrected chi connectivity index (χ0v) is 47.8. The Morgan fingerprint density at radius 3 is 1.01 bits per heavy atom. The maximum absolute atomic E-state index is 11.9. The average Bonchev–Trinajstić information content (AvgIpc) is 3.32. The Hall–Kier alpha value is -4.58. The van der Waals surface area contributed by atoms with E-state index in [9.17, 15) is 57.1 Å². The van der Waals surface area contributed by atoms with E-state index in [2.05, 4.69) is 23.5 Å². The lowest BCUT2D eigenvalue weighted by Gasteiger charge is -2.22. The molecule has 0 aliphatic carbocycles. The molecular formula is C42H72Cl2O30P2. The van der Waals surface area contributed by atoms with Crippen LogP contribution in [0.25, 0.3) is 0 Å². The second-order valence-electron chi connectivity index (χ2n) is 14.6. The number of rotatable bonds is 26. The van der Waals surface area contributed by atoms with E-state index in [-0.39, 0.29) is 52.9 Å². The molecule has 4 N–H and O–H groups in total. The van der Waals surface area contributed by atoms with E-state index >= 15 is 0 Å². The molecular weight excluding hydrogens is 1120 g/mol. The number of ether oxygens (including phenoxy) is 11. The van der Waals surface area contributed by atoms with E-state index in [0.717, 1.165) is 0 Å². The molecule has 0 aromatic carbocycles. The van der Waals surface area contributed by atoms with Crippen molar-refractivity contribution in [1.82, 2.24) is 0 Å². The summed E-state index contributed by atoms with van der Waals surface area (Å²) in [5, 5.41) is 33.1. The van der Waals surface area contributed by atoms with E-state index in [4.69, 9.17) is 85.1 Å². The monoisotopic (exact) mass is 1190 g/mol. The van der Waals surface area contributed by atoms with Crippen molar-refractivity contribution in [1.29, 1.82) is 0 Å². The highest BCUT2D eigenvalue weighted by Gasteiger charge is 2.33. The van der Waals surface area contributed by atoms with Crippen LogP contribution >= 0.6 is 36.2 Å². The van der Waals surface area contributed by atoms with Gasteiger partial charge in [-0.2, -0.15) is 0 Å². The number of hydrogen-bond acceptors (Lipinski definition) is 30. The molecule has 0 aromatic heterocycles. The van der Waals surface area contributed by atoms with Crippen molar-refractivity contribution >= 4 is 95.8 Å². The van der Waals surface area contributed by atoms with Crippen LogP contribution in [-0.4, -0.2) is 208 Å². The molecule has 11 atom stereocenters. The summed E-state index contributed by atoms with van der Waals surface area (Å²) in [6, 6.07) is 0. The number of aliphatic hydroxyl groups is 4. The molecule has 1 rings (SSSR count). The van der Waals surface area contributed by atoms with Crippen LogP contribution in [0.4, 0.5) is 0 Å². The Morgan fingerprint density at radius 2 is 0.789 bits per heavy atom. The molecule has 0 spiro atoms. The minimum absolute atomic E-state index is 0.125. The first-order valence-corrected chi connectivity index (χ1v) is 28.0. The van der Waals surface area contributed by atoms with E-state index in [1.54, 1.807) is 13.8 Å².